The molecular weight excluding hydrogens is 352 g/mol. The van der Waals surface area contributed by atoms with Crippen molar-refractivity contribution in [2.24, 2.45) is 23.7 Å². The lowest BCUT2D eigenvalue weighted by Crippen LogP contribution is -2.33. The zero-order valence-corrected chi connectivity index (χ0v) is 18.0. The van der Waals surface area contributed by atoms with Crippen molar-refractivity contribution in [2.45, 2.75) is 116 Å². The molecule has 0 aliphatic heterocycles. The lowest BCUT2D eigenvalue weighted by molar-refractivity contribution is -0.162. The van der Waals surface area contributed by atoms with E-state index in [1.165, 1.54) is 38.5 Å². The third kappa shape index (κ3) is 5.97. The quantitative estimate of drug-likeness (QED) is 0.535. The van der Waals surface area contributed by atoms with Crippen molar-refractivity contribution in [2.75, 3.05) is 0 Å². The van der Waals surface area contributed by atoms with Gasteiger partial charge in [-0.25, -0.2) is 0 Å². The highest BCUT2D eigenvalue weighted by Crippen LogP contribution is 2.34. The Morgan fingerprint density at radius 3 is 1.18 bits per heavy atom. The molecule has 0 radical (unpaired) electrons. The van der Waals surface area contributed by atoms with Gasteiger partial charge in [-0.3, -0.25) is 9.59 Å². The van der Waals surface area contributed by atoms with Gasteiger partial charge in [0.25, 0.3) is 0 Å². The predicted octanol–water partition coefficient (Wildman–Crippen LogP) is 5.82. The normalized spacial score (nSPS) is 36.5. The summed E-state index contributed by atoms with van der Waals surface area (Å²) in [6.45, 7) is 4.49. The van der Waals surface area contributed by atoms with Crippen molar-refractivity contribution in [3.05, 3.63) is 0 Å². The number of hydrogen-bond donors (Lipinski definition) is 0. The van der Waals surface area contributed by atoms with Gasteiger partial charge < -0.3 is 9.47 Å². The molecule has 0 N–H and O–H groups in total. The zero-order chi connectivity index (χ0) is 19.9. The summed E-state index contributed by atoms with van der Waals surface area (Å²) in [6, 6.07) is 0. The molecule has 0 aromatic heterocycles. The van der Waals surface area contributed by atoms with Gasteiger partial charge >= 0.3 is 11.9 Å². The van der Waals surface area contributed by atoms with E-state index in [4.69, 9.17) is 9.47 Å². The first-order valence-corrected chi connectivity index (χ1v) is 12.0. The van der Waals surface area contributed by atoms with E-state index in [-0.39, 0.29) is 36.0 Å². The van der Waals surface area contributed by atoms with Crippen LogP contribution in [0.15, 0.2) is 0 Å². The van der Waals surface area contributed by atoms with Crippen molar-refractivity contribution in [3.63, 3.8) is 0 Å². The van der Waals surface area contributed by atoms with Gasteiger partial charge in [-0.15, -0.1) is 0 Å². The molecule has 3 rings (SSSR count). The minimum absolute atomic E-state index is 0.0204. The van der Waals surface area contributed by atoms with E-state index >= 15 is 0 Å². The summed E-state index contributed by atoms with van der Waals surface area (Å²) in [5.41, 5.74) is 0. The molecule has 3 aliphatic rings. The van der Waals surface area contributed by atoms with Crippen LogP contribution in [-0.4, -0.2) is 24.1 Å². The predicted molar refractivity (Wildman–Crippen MR) is 110 cm³/mol. The van der Waals surface area contributed by atoms with Gasteiger partial charge in [-0.05, 0) is 88.9 Å². The average Bonchev–Trinajstić information content (AvgIpc) is 2.75. The molecule has 4 nitrogen and oxygen atoms in total. The van der Waals surface area contributed by atoms with Gasteiger partial charge in [-0.2, -0.15) is 0 Å². The molecule has 28 heavy (non-hydrogen) atoms. The molecule has 3 saturated carbocycles. The van der Waals surface area contributed by atoms with E-state index in [2.05, 4.69) is 13.8 Å². The maximum Gasteiger partial charge on any atom is 0.309 e. The summed E-state index contributed by atoms with van der Waals surface area (Å²) in [5, 5.41) is 0. The first kappa shape index (κ1) is 21.6. The van der Waals surface area contributed by atoms with Crippen molar-refractivity contribution < 1.29 is 19.1 Å². The van der Waals surface area contributed by atoms with E-state index < -0.39 is 0 Å². The minimum Gasteiger partial charge on any atom is -0.462 e. The largest absolute Gasteiger partial charge is 0.462 e. The summed E-state index contributed by atoms with van der Waals surface area (Å²) >= 11 is 0. The SMILES string of the molecule is CCC1CCC(OC(=O)C2CCC(C(=O)OC3CCC(CC)CC3)CC2)CC1. The third-order valence-electron chi connectivity index (χ3n) is 7.70. The molecule has 0 aromatic rings. The lowest BCUT2D eigenvalue weighted by Gasteiger charge is -2.32. The van der Waals surface area contributed by atoms with E-state index in [0.717, 1.165) is 63.2 Å². The maximum atomic E-state index is 12.5. The molecule has 0 bridgehead atoms. The van der Waals surface area contributed by atoms with Gasteiger partial charge in [0.15, 0.2) is 0 Å². The minimum atomic E-state index is -0.0235. The summed E-state index contributed by atoms with van der Waals surface area (Å²) in [7, 11) is 0. The van der Waals surface area contributed by atoms with Gasteiger partial charge in [0, 0.05) is 0 Å². The van der Waals surface area contributed by atoms with Crippen molar-refractivity contribution >= 4 is 11.9 Å². The fourth-order valence-electron chi connectivity index (χ4n) is 5.40. The molecule has 160 valence electrons. The van der Waals surface area contributed by atoms with Crippen molar-refractivity contribution in [1.29, 1.82) is 0 Å². The smallest absolute Gasteiger partial charge is 0.309 e. The summed E-state index contributed by atoms with van der Waals surface area (Å²) < 4.78 is 11.6. The zero-order valence-electron chi connectivity index (χ0n) is 18.0. The van der Waals surface area contributed by atoms with Gasteiger partial charge in [0.1, 0.15) is 12.2 Å². The second kappa shape index (κ2) is 10.6. The van der Waals surface area contributed by atoms with Crippen LogP contribution in [0, 0.1) is 23.7 Å². The van der Waals surface area contributed by atoms with Crippen LogP contribution in [0.2, 0.25) is 0 Å². The van der Waals surface area contributed by atoms with E-state index in [9.17, 15) is 9.59 Å². The van der Waals surface area contributed by atoms with E-state index in [0.29, 0.717) is 0 Å². The van der Waals surface area contributed by atoms with Crippen LogP contribution in [0.1, 0.15) is 104 Å². The standard InChI is InChI=1S/C24H40O4/c1-3-17-5-13-21(14-6-17)27-23(25)19-9-11-20(12-10-19)24(26)28-22-15-7-18(4-2)8-16-22/h17-22H,3-16H2,1-2H3. The van der Waals surface area contributed by atoms with Gasteiger partial charge in [-0.1, -0.05) is 26.7 Å². The number of ether oxygens (including phenoxy) is 2. The molecule has 0 amide bonds. The second-order valence-electron chi connectivity index (χ2n) is 9.52. The topological polar surface area (TPSA) is 52.6 Å². The Balaban J connectivity index is 1.34. The number of esters is 2. The third-order valence-corrected chi connectivity index (χ3v) is 7.70. The molecule has 4 heteroatoms. The summed E-state index contributed by atoms with van der Waals surface area (Å²) in [4.78, 5) is 25.1. The fourth-order valence-corrected chi connectivity index (χ4v) is 5.40. The Morgan fingerprint density at radius 2 is 0.893 bits per heavy atom. The molecule has 0 heterocycles. The Morgan fingerprint density at radius 1 is 0.571 bits per heavy atom. The van der Waals surface area contributed by atoms with Crippen LogP contribution in [0.25, 0.3) is 0 Å². The van der Waals surface area contributed by atoms with Crippen LogP contribution < -0.4 is 0 Å². The molecule has 0 spiro atoms. The summed E-state index contributed by atoms with van der Waals surface area (Å²) in [6.07, 6.45) is 14.6. The Labute approximate surface area is 171 Å². The Bertz CT molecular complexity index is 447. The second-order valence-corrected chi connectivity index (χ2v) is 9.52. The molecular formula is C24H40O4. The highest BCUT2D eigenvalue weighted by Gasteiger charge is 2.34. The maximum absolute atomic E-state index is 12.5. The fraction of sp³-hybridized carbons (Fsp3) is 0.917. The van der Waals surface area contributed by atoms with E-state index in [1.54, 1.807) is 0 Å². The highest BCUT2D eigenvalue weighted by molar-refractivity contribution is 5.75. The molecule has 3 aliphatic carbocycles. The lowest BCUT2D eigenvalue weighted by atomic mass is 9.81. The van der Waals surface area contributed by atoms with Gasteiger partial charge in [0.2, 0.25) is 0 Å². The number of carbonyl (C=O) groups is 2. The number of carbonyl (C=O) groups excluding carboxylic acids is 2. The average molecular weight is 393 g/mol. The molecule has 0 atom stereocenters. The Kier molecular flexibility index (Phi) is 8.23. The first-order chi connectivity index (χ1) is 13.6. The van der Waals surface area contributed by atoms with Gasteiger partial charge in [0.05, 0.1) is 11.8 Å². The monoisotopic (exact) mass is 392 g/mol. The highest BCUT2D eigenvalue weighted by atomic mass is 16.5. The van der Waals surface area contributed by atoms with Crippen LogP contribution in [-0.2, 0) is 19.1 Å². The van der Waals surface area contributed by atoms with Crippen LogP contribution in [0.5, 0.6) is 0 Å². The number of hydrogen-bond acceptors (Lipinski definition) is 4. The molecule has 0 saturated heterocycles. The first-order valence-electron chi connectivity index (χ1n) is 12.0. The Hall–Kier alpha value is -1.06. The van der Waals surface area contributed by atoms with Crippen molar-refractivity contribution in [1.82, 2.24) is 0 Å². The molecule has 0 aromatic carbocycles. The molecule has 0 unspecified atom stereocenters. The van der Waals surface area contributed by atoms with Crippen LogP contribution >= 0.6 is 0 Å². The number of rotatable bonds is 6. The van der Waals surface area contributed by atoms with E-state index in [1.807, 2.05) is 0 Å². The van der Waals surface area contributed by atoms with Crippen LogP contribution in [0.3, 0.4) is 0 Å². The van der Waals surface area contributed by atoms with Crippen LogP contribution in [0.4, 0.5) is 0 Å². The summed E-state index contributed by atoms with van der Waals surface area (Å²) in [5.74, 6) is 1.54. The molecule has 3 fully saturated rings. The van der Waals surface area contributed by atoms with Crippen molar-refractivity contribution in [3.8, 4) is 0 Å².